The van der Waals surface area contributed by atoms with E-state index < -0.39 is 0 Å². The van der Waals surface area contributed by atoms with E-state index in [0.29, 0.717) is 17.6 Å². The van der Waals surface area contributed by atoms with Crippen LogP contribution in [0.4, 0.5) is 11.8 Å². The van der Waals surface area contributed by atoms with Gasteiger partial charge in [-0.15, -0.1) is 0 Å². The van der Waals surface area contributed by atoms with Crippen molar-refractivity contribution in [1.82, 2.24) is 19.5 Å². The molecule has 2 atom stereocenters. The van der Waals surface area contributed by atoms with Crippen molar-refractivity contribution in [1.29, 1.82) is 0 Å². The molecule has 0 aromatic carbocycles. The molecule has 0 spiro atoms. The molecule has 0 saturated carbocycles. The van der Waals surface area contributed by atoms with Gasteiger partial charge >= 0.3 is 0 Å². The molecule has 2 unspecified atom stereocenters. The van der Waals surface area contributed by atoms with Crippen molar-refractivity contribution in [3.63, 3.8) is 0 Å². The van der Waals surface area contributed by atoms with Crippen LogP contribution in [0.2, 0.25) is 0 Å². The highest BCUT2D eigenvalue weighted by Gasteiger charge is 2.17. The van der Waals surface area contributed by atoms with Crippen molar-refractivity contribution in [2.45, 2.75) is 32.6 Å². The number of aliphatic hydroxyl groups excluding tert-OH is 1. The van der Waals surface area contributed by atoms with Gasteiger partial charge in [0, 0.05) is 0 Å². The van der Waals surface area contributed by atoms with Crippen LogP contribution in [0.25, 0.3) is 11.2 Å². The first-order valence-electron chi connectivity index (χ1n) is 6.08. The predicted octanol–water partition coefficient (Wildman–Crippen LogP) is 0.297. The minimum absolute atomic E-state index is 0.0350. The van der Waals surface area contributed by atoms with E-state index in [1.54, 1.807) is 10.9 Å². The average molecular weight is 266 g/mol. The third-order valence-corrected chi connectivity index (χ3v) is 2.91. The lowest BCUT2D eigenvalue weighted by Gasteiger charge is -2.20. The third kappa shape index (κ3) is 2.59. The van der Waals surface area contributed by atoms with E-state index in [9.17, 15) is 0 Å². The molecular weight excluding hydrogens is 248 g/mol. The molecule has 0 saturated heterocycles. The van der Waals surface area contributed by atoms with Gasteiger partial charge in [-0.25, -0.2) is 4.98 Å². The maximum absolute atomic E-state index is 9.16. The number of rotatable bonds is 5. The number of nitrogens with zero attached hydrogens (tertiary/aromatic N) is 4. The molecule has 0 aliphatic carbocycles. The maximum Gasteiger partial charge on any atom is 0.224 e. The molecule has 2 aromatic heterocycles. The van der Waals surface area contributed by atoms with E-state index in [1.165, 1.54) is 0 Å². The smallest absolute Gasteiger partial charge is 0.224 e. The summed E-state index contributed by atoms with van der Waals surface area (Å²) >= 11 is 0. The molecule has 8 heteroatoms. The van der Waals surface area contributed by atoms with Crippen LogP contribution in [-0.2, 0) is 4.74 Å². The number of aliphatic hydroxyl groups is 1. The fourth-order valence-electron chi connectivity index (χ4n) is 1.83. The highest BCUT2D eigenvalue weighted by molar-refractivity contribution is 5.82. The first-order chi connectivity index (χ1) is 9.06. The Labute approximate surface area is 110 Å². The Morgan fingerprint density at radius 2 is 2.16 bits per heavy atom. The van der Waals surface area contributed by atoms with Crippen molar-refractivity contribution >= 4 is 22.9 Å². The van der Waals surface area contributed by atoms with Gasteiger partial charge in [-0.3, -0.25) is 4.57 Å². The van der Waals surface area contributed by atoms with E-state index in [2.05, 4.69) is 15.0 Å². The highest BCUT2D eigenvalue weighted by atomic mass is 16.5. The van der Waals surface area contributed by atoms with E-state index in [0.717, 1.165) is 0 Å². The zero-order chi connectivity index (χ0) is 14.0. The molecule has 2 heterocycles. The van der Waals surface area contributed by atoms with Gasteiger partial charge < -0.3 is 21.3 Å². The van der Waals surface area contributed by atoms with E-state index in [1.807, 2.05) is 13.8 Å². The van der Waals surface area contributed by atoms with Crippen molar-refractivity contribution in [2.24, 2.45) is 0 Å². The van der Waals surface area contributed by atoms with Gasteiger partial charge in [-0.1, -0.05) is 6.92 Å². The number of hydrogen-bond acceptors (Lipinski definition) is 7. The summed E-state index contributed by atoms with van der Waals surface area (Å²) in [6.45, 7) is 3.75. The van der Waals surface area contributed by atoms with Crippen LogP contribution in [0, 0.1) is 0 Å². The molecule has 0 amide bonds. The number of nitrogens with two attached hydrogens (primary N) is 2. The van der Waals surface area contributed by atoms with Gasteiger partial charge in [0.2, 0.25) is 5.95 Å². The standard InChI is InChI=1S/C11H18N6O2/c1-3-7(4-18)19-6(2)17-5-14-8-9(12)15-11(13)16-10(8)17/h5-7,18H,3-4H2,1-2H3,(H4,12,13,15,16). The number of nitrogen functional groups attached to an aromatic ring is 2. The molecule has 0 aliphatic heterocycles. The largest absolute Gasteiger partial charge is 0.394 e. The fraction of sp³-hybridized carbons (Fsp3) is 0.545. The Hall–Kier alpha value is -1.93. The number of ether oxygens (including phenoxy) is 1. The van der Waals surface area contributed by atoms with Gasteiger partial charge in [0.25, 0.3) is 0 Å². The highest BCUT2D eigenvalue weighted by Crippen LogP contribution is 2.22. The Kier molecular flexibility index (Phi) is 3.82. The topological polar surface area (TPSA) is 125 Å². The Bertz CT molecular complexity index is 566. The van der Waals surface area contributed by atoms with E-state index >= 15 is 0 Å². The summed E-state index contributed by atoms with van der Waals surface area (Å²) in [4.78, 5) is 12.1. The van der Waals surface area contributed by atoms with Crippen LogP contribution in [0.1, 0.15) is 26.5 Å². The van der Waals surface area contributed by atoms with Gasteiger partial charge in [-0.05, 0) is 13.3 Å². The second-order valence-corrected chi connectivity index (χ2v) is 4.24. The second-order valence-electron chi connectivity index (χ2n) is 4.24. The summed E-state index contributed by atoms with van der Waals surface area (Å²) < 4.78 is 7.42. The summed E-state index contributed by atoms with van der Waals surface area (Å²) in [5.74, 6) is 0.329. The normalized spacial score (nSPS) is 14.7. The number of hydrogen-bond donors (Lipinski definition) is 3. The second kappa shape index (κ2) is 5.37. The lowest BCUT2D eigenvalue weighted by Crippen LogP contribution is -2.21. The minimum Gasteiger partial charge on any atom is -0.394 e. The Balaban J connectivity index is 2.34. The molecule has 2 aromatic rings. The van der Waals surface area contributed by atoms with E-state index in [4.69, 9.17) is 21.3 Å². The molecule has 104 valence electrons. The number of anilines is 2. The van der Waals surface area contributed by atoms with Gasteiger partial charge in [-0.2, -0.15) is 9.97 Å². The van der Waals surface area contributed by atoms with Crippen LogP contribution < -0.4 is 11.5 Å². The maximum atomic E-state index is 9.16. The van der Waals surface area contributed by atoms with Gasteiger partial charge in [0.1, 0.15) is 11.7 Å². The summed E-state index contributed by atoms with van der Waals surface area (Å²) in [5, 5.41) is 9.16. The lowest BCUT2D eigenvalue weighted by molar-refractivity contribution is -0.0647. The van der Waals surface area contributed by atoms with E-state index in [-0.39, 0.29) is 30.7 Å². The van der Waals surface area contributed by atoms with Crippen LogP contribution in [0.15, 0.2) is 6.33 Å². The fourth-order valence-corrected chi connectivity index (χ4v) is 1.83. The quantitative estimate of drug-likeness (QED) is 0.710. The number of aromatic nitrogens is 4. The van der Waals surface area contributed by atoms with Gasteiger partial charge in [0.15, 0.2) is 11.5 Å². The number of fused-ring (bicyclic) bond motifs is 1. The van der Waals surface area contributed by atoms with Crippen molar-refractivity contribution in [3.05, 3.63) is 6.33 Å². The van der Waals surface area contributed by atoms with Crippen molar-refractivity contribution < 1.29 is 9.84 Å². The van der Waals surface area contributed by atoms with Crippen LogP contribution in [0.3, 0.4) is 0 Å². The molecular formula is C11H18N6O2. The zero-order valence-corrected chi connectivity index (χ0v) is 10.9. The Morgan fingerprint density at radius 1 is 1.42 bits per heavy atom. The Morgan fingerprint density at radius 3 is 2.79 bits per heavy atom. The monoisotopic (exact) mass is 266 g/mol. The molecule has 0 bridgehead atoms. The molecule has 0 aliphatic rings. The van der Waals surface area contributed by atoms with Crippen LogP contribution >= 0.6 is 0 Å². The molecule has 19 heavy (non-hydrogen) atoms. The average Bonchev–Trinajstić information content (AvgIpc) is 2.79. The number of imidazole rings is 1. The molecule has 2 rings (SSSR count). The first-order valence-corrected chi connectivity index (χ1v) is 6.08. The third-order valence-electron chi connectivity index (χ3n) is 2.91. The molecule has 5 N–H and O–H groups in total. The van der Waals surface area contributed by atoms with Crippen LogP contribution in [0.5, 0.6) is 0 Å². The first kappa shape index (κ1) is 13.5. The minimum atomic E-state index is -0.337. The van der Waals surface area contributed by atoms with Crippen molar-refractivity contribution in [3.8, 4) is 0 Å². The lowest BCUT2D eigenvalue weighted by atomic mass is 10.3. The summed E-state index contributed by atoms with van der Waals surface area (Å²) in [6, 6.07) is 0. The molecule has 0 radical (unpaired) electrons. The summed E-state index contributed by atoms with van der Waals surface area (Å²) in [6.07, 6.45) is 1.72. The molecule has 8 nitrogen and oxygen atoms in total. The van der Waals surface area contributed by atoms with Gasteiger partial charge in [0.05, 0.1) is 19.0 Å². The molecule has 0 fully saturated rings. The van der Waals surface area contributed by atoms with Crippen molar-refractivity contribution in [2.75, 3.05) is 18.1 Å². The summed E-state index contributed by atoms with van der Waals surface area (Å²) in [5.41, 5.74) is 12.3. The van der Waals surface area contributed by atoms with Crippen LogP contribution in [-0.4, -0.2) is 37.3 Å². The SMILES string of the molecule is CCC(CO)OC(C)n1cnc2c(N)nc(N)nc21. The zero-order valence-electron chi connectivity index (χ0n) is 10.9. The predicted molar refractivity (Wildman–Crippen MR) is 71.1 cm³/mol. The summed E-state index contributed by atoms with van der Waals surface area (Å²) in [7, 11) is 0.